The summed E-state index contributed by atoms with van der Waals surface area (Å²) in [6, 6.07) is 13.7. The second-order valence-corrected chi connectivity index (χ2v) is 5.92. The molecule has 0 radical (unpaired) electrons. The third-order valence-corrected chi connectivity index (χ3v) is 3.77. The summed E-state index contributed by atoms with van der Waals surface area (Å²) in [6.45, 7) is 5.14. The molecule has 1 unspecified atom stereocenters. The molecule has 1 N–H and O–H groups in total. The normalized spacial score (nSPS) is 12.4. The van der Waals surface area contributed by atoms with Gasteiger partial charge in [0.25, 0.3) is 0 Å². The highest BCUT2D eigenvalue weighted by atomic mass is 19.1. The summed E-state index contributed by atoms with van der Waals surface area (Å²) < 4.78 is 13.8. The molecule has 1 atom stereocenters. The topological polar surface area (TPSA) is 12.0 Å². The fraction of sp³-hybridized carbons (Fsp3) is 0.368. The lowest BCUT2D eigenvalue weighted by atomic mass is 9.91. The first-order valence-electron chi connectivity index (χ1n) is 7.53. The van der Waals surface area contributed by atoms with E-state index in [0.717, 1.165) is 24.9 Å². The predicted molar refractivity (Wildman–Crippen MR) is 87.1 cm³/mol. The van der Waals surface area contributed by atoms with Crippen LogP contribution in [-0.4, -0.2) is 13.6 Å². The van der Waals surface area contributed by atoms with Crippen LogP contribution in [0.4, 0.5) is 4.39 Å². The number of aryl methyl sites for hydroxylation is 2. The van der Waals surface area contributed by atoms with Crippen LogP contribution >= 0.6 is 0 Å². The van der Waals surface area contributed by atoms with Crippen molar-refractivity contribution in [2.45, 2.75) is 26.7 Å². The van der Waals surface area contributed by atoms with Gasteiger partial charge in [0.2, 0.25) is 0 Å². The van der Waals surface area contributed by atoms with E-state index >= 15 is 0 Å². The summed E-state index contributed by atoms with van der Waals surface area (Å²) in [5.41, 5.74) is 4.73. The average molecular weight is 285 g/mol. The average Bonchev–Trinajstić information content (AvgIpc) is 2.40. The van der Waals surface area contributed by atoms with Crippen molar-refractivity contribution in [3.05, 3.63) is 70.5 Å². The molecule has 0 fully saturated rings. The van der Waals surface area contributed by atoms with Gasteiger partial charge in [-0.05, 0) is 63.4 Å². The van der Waals surface area contributed by atoms with Crippen LogP contribution in [0, 0.1) is 25.6 Å². The van der Waals surface area contributed by atoms with Gasteiger partial charge in [0.1, 0.15) is 5.82 Å². The Morgan fingerprint density at radius 1 is 1.00 bits per heavy atom. The molecule has 2 aromatic carbocycles. The van der Waals surface area contributed by atoms with Crippen LogP contribution in [0.1, 0.15) is 22.3 Å². The van der Waals surface area contributed by atoms with Gasteiger partial charge in [-0.15, -0.1) is 0 Å². The van der Waals surface area contributed by atoms with E-state index in [0.29, 0.717) is 5.92 Å². The minimum atomic E-state index is -0.0981. The maximum atomic E-state index is 13.8. The second-order valence-electron chi connectivity index (χ2n) is 5.92. The molecule has 0 aliphatic carbocycles. The third-order valence-electron chi connectivity index (χ3n) is 3.77. The van der Waals surface area contributed by atoms with Gasteiger partial charge in [0.15, 0.2) is 0 Å². The van der Waals surface area contributed by atoms with E-state index < -0.39 is 0 Å². The molecule has 0 aliphatic rings. The van der Waals surface area contributed by atoms with E-state index in [1.54, 1.807) is 12.1 Å². The van der Waals surface area contributed by atoms with Crippen molar-refractivity contribution >= 4 is 0 Å². The molecule has 0 spiro atoms. The predicted octanol–water partition coefficient (Wildman–Crippen LogP) is 4.06. The van der Waals surface area contributed by atoms with Gasteiger partial charge in [0.05, 0.1) is 0 Å². The lowest BCUT2D eigenvalue weighted by Crippen LogP contribution is -2.23. The van der Waals surface area contributed by atoms with Crippen LogP contribution in [0.3, 0.4) is 0 Å². The molecule has 0 saturated heterocycles. The Kier molecular flexibility index (Phi) is 5.51. The summed E-state index contributed by atoms with van der Waals surface area (Å²) in [5, 5.41) is 3.23. The van der Waals surface area contributed by atoms with E-state index in [-0.39, 0.29) is 5.82 Å². The van der Waals surface area contributed by atoms with Gasteiger partial charge in [0, 0.05) is 0 Å². The smallest absolute Gasteiger partial charge is 0.126 e. The van der Waals surface area contributed by atoms with Crippen LogP contribution in [-0.2, 0) is 12.8 Å². The zero-order valence-corrected chi connectivity index (χ0v) is 13.1. The molecule has 21 heavy (non-hydrogen) atoms. The summed E-state index contributed by atoms with van der Waals surface area (Å²) in [4.78, 5) is 0. The number of nitrogens with one attached hydrogen (secondary N) is 1. The Morgan fingerprint density at radius 2 is 1.67 bits per heavy atom. The van der Waals surface area contributed by atoms with E-state index in [9.17, 15) is 4.39 Å². The quantitative estimate of drug-likeness (QED) is 0.844. The van der Waals surface area contributed by atoms with Crippen molar-refractivity contribution in [1.82, 2.24) is 5.32 Å². The Labute approximate surface area is 127 Å². The third kappa shape index (κ3) is 4.68. The van der Waals surface area contributed by atoms with Crippen LogP contribution in [0.15, 0.2) is 42.5 Å². The summed E-state index contributed by atoms with van der Waals surface area (Å²) in [6.07, 6.45) is 1.73. The standard InChI is InChI=1S/C19H24FN/c1-14-8-15(2)10-16(9-14)11-17(13-21-3)12-18-6-4-5-7-19(18)20/h4-10,17,21H,11-13H2,1-3H3. The van der Waals surface area contributed by atoms with Crippen molar-refractivity contribution in [2.75, 3.05) is 13.6 Å². The molecular formula is C19H24FN. The molecule has 2 rings (SSSR count). The maximum Gasteiger partial charge on any atom is 0.126 e. The molecule has 0 amide bonds. The zero-order valence-electron chi connectivity index (χ0n) is 13.1. The number of benzene rings is 2. The number of rotatable bonds is 6. The molecular weight excluding hydrogens is 261 g/mol. The van der Waals surface area contributed by atoms with Crippen LogP contribution < -0.4 is 5.32 Å². The van der Waals surface area contributed by atoms with Gasteiger partial charge in [-0.2, -0.15) is 0 Å². The first kappa shape index (κ1) is 15.7. The van der Waals surface area contributed by atoms with Crippen molar-refractivity contribution < 1.29 is 4.39 Å². The SMILES string of the molecule is CNCC(Cc1cc(C)cc(C)c1)Cc1ccccc1F. The van der Waals surface area contributed by atoms with Gasteiger partial charge in [-0.1, -0.05) is 47.5 Å². The lowest BCUT2D eigenvalue weighted by molar-refractivity contribution is 0.479. The molecule has 0 aromatic heterocycles. The monoisotopic (exact) mass is 285 g/mol. The molecule has 0 bridgehead atoms. The number of hydrogen-bond acceptors (Lipinski definition) is 1. The van der Waals surface area contributed by atoms with Crippen molar-refractivity contribution in [1.29, 1.82) is 0 Å². The highest BCUT2D eigenvalue weighted by Gasteiger charge is 2.13. The number of hydrogen-bond donors (Lipinski definition) is 1. The molecule has 2 aromatic rings. The Bertz CT molecular complexity index is 572. The summed E-state index contributed by atoms with van der Waals surface area (Å²) in [7, 11) is 1.95. The minimum Gasteiger partial charge on any atom is -0.319 e. The molecule has 0 aliphatic heterocycles. The first-order chi connectivity index (χ1) is 10.1. The van der Waals surface area contributed by atoms with Gasteiger partial charge in [-0.25, -0.2) is 4.39 Å². The number of halogens is 1. The van der Waals surface area contributed by atoms with Gasteiger partial charge >= 0.3 is 0 Å². The Balaban J connectivity index is 2.13. The fourth-order valence-corrected chi connectivity index (χ4v) is 3.00. The maximum absolute atomic E-state index is 13.8. The van der Waals surface area contributed by atoms with Crippen LogP contribution in [0.5, 0.6) is 0 Å². The Hall–Kier alpha value is -1.67. The zero-order chi connectivity index (χ0) is 15.2. The largest absolute Gasteiger partial charge is 0.319 e. The van der Waals surface area contributed by atoms with Crippen molar-refractivity contribution in [2.24, 2.45) is 5.92 Å². The lowest BCUT2D eigenvalue weighted by Gasteiger charge is -2.18. The van der Waals surface area contributed by atoms with E-state index in [1.165, 1.54) is 16.7 Å². The van der Waals surface area contributed by atoms with Crippen molar-refractivity contribution in [3.8, 4) is 0 Å². The molecule has 1 nitrogen and oxygen atoms in total. The second kappa shape index (κ2) is 7.37. The Morgan fingerprint density at radius 3 is 2.29 bits per heavy atom. The van der Waals surface area contributed by atoms with Crippen LogP contribution in [0.2, 0.25) is 0 Å². The first-order valence-corrected chi connectivity index (χ1v) is 7.53. The van der Waals surface area contributed by atoms with E-state index in [2.05, 4.69) is 37.4 Å². The highest BCUT2D eigenvalue weighted by molar-refractivity contribution is 5.29. The van der Waals surface area contributed by atoms with Gasteiger partial charge < -0.3 is 5.32 Å². The summed E-state index contributed by atoms with van der Waals surface area (Å²) in [5.74, 6) is 0.298. The van der Waals surface area contributed by atoms with E-state index in [1.807, 2.05) is 19.2 Å². The molecule has 0 saturated carbocycles. The summed E-state index contributed by atoms with van der Waals surface area (Å²) >= 11 is 0. The molecule has 0 heterocycles. The minimum absolute atomic E-state index is 0.0981. The molecule has 112 valence electrons. The highest BCUT2D eigenvalue weighted by Crippen LogP contribution is 2.18. The molecule has 2 heteroatoms. The van der Waals surface area contributed by atoms with E-state index in [4.69, 9.17) is 0 Å². The van der Waals surface area contributed by atoms with Gasteiger partial charge in [-0.3, -0.25) is 0 Å². The van der Waals surface area contributed by atoms with Crippen LogP contribution in [0.25, 0.3) is 0 Å². The van der Waals surface area contributed by atoms with Crippen molar-refractivity contribution in [3.63, 3.8) is 0 Å². The fourth-order valence-electron chi connectivity index (χ4n) is 3.00.